The number of esters is 1. The summed E-state index contributed by atoms with van der Waals surface area (Å²) >= 11 is 0. The molecule has 1 aromatic heterocycles. The highest BCUT2D eigenvalue weighted by atomic mass is 16.5. The lowest BCUT2D eigenvalue weighted by Gasteiger charge is -2.48. The summed E-state index contributed by atoms with van der Waals surface area (Å²) in [5.74, 6) is -0.565. The van der Waals surface area contributed by atoms with Gasteiger partial charge >= 0.3 is 5.97 Å². The van der Waals surface area contributed by atoms with E-state index in [1.165, 1.54) is 51.9 Å². The van der Waals surface area contributed by atoms with E-state index in [0.717, 1.165) is 13.0 Å². The van der Waals surface area contributed by atoms with E-state index in [-0.39, 0.29) is 11.1 Å². The molecule has 1 saturated carbocycles. The molecule has 1 aliphatic carbocycles. The molecule has 0 aromatic carbocycles. The van der Waals surface area contributed by atoms with Crippen LogP contribution in [0.5, 0.6) is 0 Å². The Bertz CT molecular complexity index is 594. The third-order valence-electron chi connectivity index (χ3n) is 5.08. The van der Waals surface area contributed by atoms with Gasteiger partial charge in [0.2, 0.25) is 0 Å². The molecule has 5 heteroatoms. The first-order chi connectivity index (χ1) is 10.6. The zero-order valence-corrected chi connectivity index (χ0v) is 13.2. The maximum Gasteiger partial charge on any atom is 0.343 e. The second-order valence-corrected chi connectivity index (χ2v) is 6.68. The lowest BCUT2D eigenvalue weighted by molar-refractivity contribution is 0.00485. The number of carbonyl (C=O) groups excluding carboxylic acids is 1. The summed E-state index contributed by atoms with van der Waals surface area (Å²) in [5.41, 5.74) is 0.478. The SMILES string of the molecule is COC(=O)c1cccn(CCCN2CC3(CCCC3)C2)c1=O. The molecule has 1 saturated heterocycles. The highest BCUT2D eigenvalue weighted by Gasteiger charge is 2.43. The molecule has 1 spiro atoms. The van der Waals surface area contributed by atoms with Crippen molar-refractivity contribution in [2.75, 3.05) is 26.7 Å². The van der Waals surface area contributed by atoms with Crippen molar-refractivity contribution in [2.45, 2.75) is 38.6 Å². The first-order valence-corrected chi connectivity index (χ1v) is 8.14. The molecule has 2 heterocycles. The van der Waals surface area contributed by atoms with Crippen LogP contribution < -0.4 is 5.56 Å². The zero-order valence-electron chi connectivity index (χ0n) is 13.2. The van der Waals surface area contributed by atoms with Gasteiger partial charge in [0.05, 0.1) is 7.11 Å². The predicted octanol–water partition coefficient (Wildman–Crippen LogP) is 1.90. The summed E-state index contributed by atoms with van der Waals surface area (Å²) in [7, 11) is 1.29. The number of aromatic nitrogens is 1. The second kappa shape index (κ2) is 6.24. The molecule has 1 aromatic rings. The van der Waals surface area contributed by atoms with E-state index in [2.05, 4.69) is 9.64 Å². The first-order valence-electron chi connectivity index (χ1n) is 8.14. The molecule has 0 amide bonds. The summed E-state index contributed by atoms with van der Waals surface area (Å²) in [5, 5.41) is 0. The van der Waals surface area contributed by atoms with Gasteiger partial charge in [0.1, 0.15) is 5.56 Å². The normalized spacial score (nSPS) is 20.0. The molecule has 5 nitrogen and oxygen atoms in total. The Morgan fingerprint density at radius 2 is 2.00 bits per heavy atom. The maximum atomic E-state index is 12.2. The molecular formula is C17H24N2O3. The van der Waals surface area contributed by atoms with Crippen LogP contribution in [0.15, 0.2) is 23.1 Å². The molecule has 0 N–H and O–H groups in total. The monoisotopic (exact) mass is 304 g/mol. The minimum Gasteiger partial charge on any atom is -0.465 e. The van der Waals surface area contributed by atoms with Crippen molar-refractivity contribution in [3.05, 3.63) is 34.2 Å². The van der Waals surface area contributed by atoms with E-state index in [1.807, 2.05) is 0 Å². The maximum absolute atomic E-state index is 12.2. The smallest absolute Gasteiger partial charge is 0.343 e. The van der Waals surface area contributed by atoms with Gasteiger partial charge < -0.3 is 14.2 Å². The first kappa shape index (κ1) is 15.3. The third kappa shape index (κ3) is 2.95. The van der Waals surface area contributed by atoms with Gasteiger partial charge in [0.15, 0.2) is 0 Å². The summed E-state index contributed by atoms with van der Waals surface area (Å²) in [6.45, 7) is 4.12. The molecular weight excluding hydrogens is 280 g/mol. The van der Waals surface area contributed by atoms with E-state index < -0.39 is 5.97 Å². The van der Waals surface area contributed by atoms with E-state index in [1.54, 1.807) is 16.8 Å². The number of aryl methyl sites for hydroxylation is 1. The fraction of sp³-hybridized carbons (Fsp3) is 0.647. The molecule has 0 atom stereocenters. The van der Waals surface area contributed by atoms with Crippen LogP contribution in [0.1, 0.15) is 42.5 Å². The number of likely N-dealkylation sites (tertiary alicyclic amines) is 1. The zero-order chi connectivity index (χ0) is 15.6. The largest absolute Gasteiger partial charge is 0.465 e. The molecule has 0 unspecified atom stereocenters. The lowest BCUT2D eigenvalue weighted by atomic mass is 9.78. The molecule has 0 radical (unpaired) electrons. The van der Waals surface area contributed by atoms with Gasteiger partial charge in [0.25, 0.3) is 5.56 Å². The van der Waals surface area contributed by atoms with Crippen molar-refractivity contribution in [3.63, 3.8) is 0 Å². The van der Waals surface area contributed by atoms with Gasteiger partial charge in [-0.15, -0.1) is 0 Å². The second-order valence-electron chi connectivity index (χ2n) is 6.68. The fourth-order valence-electron chi connectivity index (χ4n) is 3.94. The van der Waals surface area contributed by atoms with Crippen molar-refractivity contribution in [1.82, 2.24) is 9.47 Å². The number of rotatable bonds is 5. The molecule has 120 valence electrons. The number of nitrogens with zero attached hydrogens (tertiary/aromatic N) is 2. The molecule has 0 bridgehead atoms. The Kier molecular flexibility index (Phi) is 4.34. The standard InChI is InChI=1S/C17H24N2O3/c1-22-16(21)14-6-4-10-19(15(14)20)11-5-9-18-12-17(13-18)7-2-3-8-17/h4,6,10H,2-3,5,7-9,11-13H2,1H3. The molecule has 1 aliphatic heterocycles. The van der Waals surface area contributed by atoms with Crippen molar-refractivity contribution < 1.29 is 9.53 Å². The van der Waals surface area contributed by atoms with Gasteiger partial charge in [-0.1, -0.05) is 12.8 Å². The highest BCUT2D eigenvalue weighted by molar-refractivity contribution is 5.88. The van der Waals surface area contributed by atoms with Crippen LogP contribution >= 0.6 is 0 Å². The van der Waals surface area contributed by atoms with E-state index in [0.29, 0.717) is 12.0 Å². The van der Waals surface area contributed by atoms with Crippen molar-refractivity contribution >= 4 is 5.97 Å². The van der Waals surface area contributed by atoms with E-state index in [4.69, 9.17) is 0 Å². The summed E-state index contributed by atoms with van der Waals surface area (Å²) in [4.78, 5) is 26.2. The van der Waals surface area contributed by atoms with Crippen LogP contribution in [0, 0.1) is 5.41 Å². The predicted molar refractivity (Wildman–Crippen MR) is 84.0 cm³/mol. The highest BCUT2D eigenvalue weighted by Crippen LogP contribution is 2.45. The van der Waals surface area contributed by atoms with Gasteiger partial charge in [-0.25, -0.2) is 4.79 Å². The number of ether oxygens (including phenoxy) is 1. The van der Waals surface area contributed by atoms with Crippen LogP contribution in [-0.4, -0.2) is 42.2 Å². The number of hydrogen-bond donors (Lipinski definition) is 0. The van der Waals surface area contributed by atoms with Crippen LogP contribution in [-0.2, 0) is 11.3 Å². The van der Waals surface area contributed by atoms with Gasteiger partial charge in [-0.3, -0.25) is 4.79 Å². The Labute approximate surface area is 130 Å². The Morgan fingerprint density at radius 3 is 2.68 bits per heavy atom. The number of methoxy groups -OCH3 is 1. The van der Waals surface area contributed by atoms with Crippen LogP contribution in [0.3, 0.4) is 0 Å². The van der Waals surface area contributed by atoms with Crippen molar-refractivity contribution in [2.24, 2.45) is 5.41 Å². The van der Waals surface area contributed by atoms with Gasteiger partial charge in [-0.05, 0) is 43.4 Å². The van der Waals surface area contributed by atoms with E-state index in [9.17, 15) is 9.59 Å². The summed E-state index contributed by atoms with van der Waals surface area (Å²) in [6, 6.07) is 3.24. The molecule has 2 aliphatic rings. The van der Waals surface area contributed by atoms with Crippen LogP contribution in [0.25, 0.3) is 0 Å². The Hall–Kier alpha value is -1.62. The van der Waals surface area contributed by atoms with Gasteiger partial charge in [-0.2, -0.15) is 0 Å². The Balaban J connectivity index is 1.50. The number of hydrogen-bond acceptors (Lipinski definition) is 4. The summed E-state index contributed by atoms with van der Waals surface area (Å²) in [6.07, 6.45) is 8.24. The van der Waals surface area contributed by atoms with Crippen molar-refractivity contribution in [3.8, 4) is 0 Å². The average molecular weight is 304 g/mol. The quantitative estimate of drug-likeness (QED) is 0.780. The third-order valence-corrected chi connectivity index (χ3v) is 5.08. The Morgan fingerprint density at radius 1 is 1.27 bits per heavy atom. The molecule has 3 rings (SSSR count). The topological polar surface area (TPSA) is 51.5 Å². The van der Waals surface area contributed by atoms with Gasteiger partial charge in [0, 0.05) is 25.8 Å². The number of carbonyl (C=O) groups is 1. The van der Waals surface area contributed by atoms with E-state index >= 15 is 0 Å². The minimum absolute atomic E-state index is 0.110. The summed E-state index contributed by atoms with van der Waals surface area (Å²) < 4.78 is 6.24. The minimum atomic E-state index is -0.565. The average Bonchev–Trinajstić information content (AvgIpc) is 2.97. The van der Waals surface area contributed by atoms with Crippen LogP contribution in [0.2, 0.25) is 0 Å². The lowest BCUT2D eigenvalue weighted by Crippen LogP contribution is -2.55. The van der Waals surface area contributed by atoms with Crippen molar-refractivity contribution in [1.29, 1.82) is 0 Å². The fourth-order valence-corrected chi connectivity index (χ4v) is 3.94. The number of pyridine rings is 1. The molecule has 2 fully saturated rings. The van der Waals surface area contributed by atoms with Crippen LogP contribution in [0.4, 0.5) is 0 Å². The molecule has 22 heavy (non-hydrogen) atoms.